The van der Waals surface area contributed by atoms with Crippen molar-refractivity contribution in [2.24, 2.45) is 17.8 Å². The first-order valence-corrected chi connectivity index (χ1v) is 9.63. The van der Waals surface area contributed by atoms with Crippen LogP contribution in [0.1, 0.15) is 44.6 Å². The van der Waals surface area contributed by atoms with Crippen molar-refractivity contribution in [1.29, 1.82) is 0 Å². The molecule has 1 amide bonds. The number of methoxy groups -OCH3 is 1. The van der Waals surface area contributed by atoms with Gasteiger partial charge in [-0.15, -0.1) is 0 Å². The van der Waals surface area contributed by atoms with E-state index in [1.165, 1.54) is 19.4 Å². The molecule has 8 nitrogen and oxygen atoms in total. The Morgan fingerprint density at radius 3 is 2.68 bits per heavy atom. The minimum Gasteiger partial charge on any atom is -0.503 e. The molecule has 0 aliphatic carbocycles. The fourth-order valence-corrected chi connectivity index (χ4v) is 4.07. The third-order valence-corrected chi connectivity index (χ3v) is 5.72. The van der Waals surface area contributed by atoms with Gasteiger partial charge < -0.3 is 24.6 Å². The van der Waals surface area contributed by atoms with Gasteiger partial charge in [0, 0.05) is 24.1 Å². The summed E-state index contributed by atoms with van der Waals surface area (Å²) < 4.78 is 16.9. The number of hydrogen-bond donors (Lipinski definition) is 2. The number of hydrogen-bond acceptors (Lipinski definition) is 7. The third kappa shape index (κ3) is 3.65. The highest BCUT2D eigenvalue weighted by molar-refractivity contribution is 5.95. The molecule has 2 N–H and O–H groups in total. The maximum Gasteiger partial charge on any atom is 0.308 e. The lowest BCUT2D eigenvalue weighted by atomic mass is 9.86. The highest BCUT2D eigenvalue weighted by atomic mass is 16.6. The first-order valence-electron chi connectivity index (χ1n) is 9.63. The number of aromatic hydroxyl groups is 1. The molecule has 2 aliphatic rings. The van der Waals surface area contributed by atoms with Gasteiger partial charge in [0.1, 0.15) is 6.10 Å². The summed E-state index contributed by atoms with van der Waals surface area (Å²) in [5.74, 6) is -1.08. The zero-order valence-electron chi connectivity index (χ0n) is 16.8. The number of nitrogens with one attached hydrogen (secondary N) is 1. The zero-order valence-corrected chi connectivity index (χ0v) is 16.8. The molecular formula is C20H28N2O6. The van der Waals surface area contributed by atoms with Crippen molar-refractivity contribution in [3.05, 3.63) is 18.0 Å². The topological polar surface area (TPSA) is 107 Å². The molecular weight excluding hydrogens is 364 g/mol. The van der Waals surface area contributed by atoms with Crippen LogP contribution in [0, 0.1) is 17.8 Å². The van der Waals surface area contributed by atoms with Gasteiger partial charge >= 0.3 is 5.97 Å². The van der Waals surface area contributed by atoms with Crippen molar-refractivity contribution < 1.29 is 28.9 Å². The Bertz CT molecular complexity index is 752. The van der Waals surface area contributed by atoms with Gasteiger partial charge in [-0.3, -0.25) is 9.59 Å². The highest BCUT2D eigenvalue weighted by Gasteiger charge is 2.52. The van der Waals surface area contributed by atoms with Crippen LogP contribution in [0.5, 0.6) is 11.5 Å². The number of nitrogens with zero attached hydrogens (tertiary/aromatic N) is 1. The predicted octanol–water partition coefficient (Wildman–Crippen LogP) is 1.91. The number of fused-ring (bicyclic) bond motifs is 2. The van der Waals surface area contributed by atoms with Crippen LogP contribution in [0.2, 0.25) is 0 Å². The molecule has 6 unspecified atom stereocenters. The molecule has 154 valence electrons. The van der Waals surface area contributed by atoms with E-state index >= 15 is 0 Å². The Hall–Kier alpha value is -2.35. The molecule has 0 spiro atoms. The van der Waals surface area contributed by atoms with E-state index in [-0.39, 0.29) is 65.3 Å². The molecule has 6 atom stereocenters. The lowest BCUT2D eigenvalue weighted by Gasteiger charge is -2.40. The number of amides is 1. The molecule has 8 heteroatoms. The van der Waals surface area contributed by atoms with E-state index in [9.17, 15) is 14.7 Å². The quantitative estimate of drug-likeness (QED) is 0.737. The molecule has 3 heterocycles. The fraction of sp³-hybridized carbons (Fsp3) is 0.650. The normalized spacial score (nSPS) is 31.5. The molecule has 2 fully saturated rings. The summed E-state index contributed by atoms with van der Waals surface area (Å²) in [7, 11) is 1.41. The second-order valence-electron chi connectivity index (χ2n) is 7.94. The van der Waals surface area contributed by atoms with E-state index in [0.717, 1.165) is 0 Å². The Balaban J connectivity index is 1.74. The molecule has 0 radical (unpaired) electrons. The van der Waals surface area contributed by atoms with Gasteiger partial charge in [-0.1, -0.05) is 27.7 Å². The summed E-state index contributed by atoms with van der Waals surface area (Å²) in [6.45, 7) is 7.60. The van der Waals surface area contributed by atoms with Gasteiger partial charge in [0.05, 0.1) is 31.3 Å². The highest BCUT2D eigenvalue weighted by Crippen LogP contribution is 2.42. The van der Waals surface area contributed by atoms with Crippen molar-refractivity contribution >= 4 is 11.9 Å². The minimum atomic E-state index is -0.492. The standard InChI is InChI=1S/C20H28N2O6/c1-9(2)20(25)28-17-10(3)14-8-12(18(27-14)11(17)4)22-19(24)15-16(23)13(26-5)6-7-21-15/h6-7,9-12,14,17-18,23H,8H2,1-5H3,(H,22,24). The van der Waals surface area contributed by atoms with Crippen LogP contribution in [-0.2, 0) is 14.3 Å². The maximum absolute atomic E-state index is 12.7. The van der Waals surface area contributed by atoms with E-state index < -0.39 is 5.91 Å². The van der Waals surface area contributed by atoms with Gasteiger partial charge in [-0.05, 0) is 6.42 Å². The number of carbonyl (C=O) groups is 2. The number of esters is 1. The molecule has 2 aliphatic heterocycles. The molecule has 28 heavy (non-hydrogen) atoms. The number of carbonyl (C=O) groups excluding carboxylic acids is 2. The minimum absolute atomic E-state index is 0.0270. The fourth-order valence-electron chi connectivity index (χ4n) is 4.07. The second-order valence-corrected chi connectivity index (χ2v) is 7.94. The Morgan fingerprint density at radius 2 is 2.04 bits per heavy atom. The van der Waals surface area contributed by atoms with Gasteiger partial charge in [-0.2, -0.15) is 0 Å². The summed E-state index contributed by atoms with van der Waals surface area (Å²) in [4.78, 5) is 28.8. The van der Waals surface area contributed by atoms with Crippen molar-refractivity contribution in [1.82, 2.24) is 10.3 Å². The smallest absolute Gasteiger partial charge is 0.308 e. The monoisotopic (exact) mass is 392 g/mol. The molecule has 3 rings (SSSR count). The summed E-state index contributed by atoms with van der Waals surface area (Å²) in [5.41, 5.74) is -0.0933. The lowest BCUT2D eigenvalue weighted by molar-refractivity contribution is -0.180. The van der Waals surface area contributed by atoms with E-state index in [1.807, 2.05) is 27.7 Å². The van der Waals surface area contributed by atoms with E-state index in [4.69, 9.17) is 14.2 Å². The first kappa shape index (κ1) is 20.4. The maximum atomic E-state index is 12.7. The zero-order chi connectivity index (χ0) is 20.6. The van der Waals surface area contributed by atoms with Crippen molar-refractivity contribution in [3.8, 4) is 11.5 Å². The van der Waals surface area contributed by atoms with Crippen LogP contribution in [0.4, 0.5) is 0 Å². The first-order chi connectivity index (χ1) is 13.2. The average Bonchev–Trinajstić information content (AvgIpc) is 3.04. The molecule has 0 saturated carbocycles. The molecule has 2 saturated heterocycles. The molecule has 1 aromatic heterocycles. The van der Waals surface area contributed by atoms with Crippen molar-refractivity contribution in [2.45, 2.75) is 58.5 Å². The largest absolute Gasteiger partial charge is 0.503 e. The van der Waals surface area contributed by atoms with Crippen LogP contribution in [-0.4, -0.2) is 53.4 Å². The summed E-state index contributed by atoms with van der Waals surface area (Å²) in [5, 5.41) is 13.1. The third-order valence-electron chi connectivity index (χ3n) is 5.72. The number of pyridine rings is 1. The van der Waals surface area contributed by atoms with Gasteiger partial charge in [-0.25, -0.2) is 4.98 Å². The number of aromatic nitrogens is 1. The molecule has 1 aromatic rings. The van der Waals surface area contributed by atoms with Gasteiger partial charge in [0.2, 0.25) is 0 Å². The van der Waals surface area contributed by atoms with Gasteiger partial charge in [0.15, 0.2) is 17.2 Å². The SMILES string of the molecule is COc1ccnc(C(=O)NC2CC3OC2C(C)C(OC(=O)C(C)C)C3C)c1O. The van der Waals surface area contributed by atoms with Crippen LogP contribution < -0.4 is 10.1 Å². The summed E-state index contributed by atoms with van der Waals surface area (Å²) >= 11 is 0. The Morgan fingerprint density at radius 1 is 1.32 bits per heavy atom. The van der Waals surface area contributed by atoms with E-state index in [2.05, 4.69) is 10.3 Å². The van der Waals surface area contributed by atoms with E-state index in [0.29, 0.717) is 6.42 Å². The van der Waals surface area contributed by atoms with Crippen LogP contribution in [0.3, 0.4) is 0 Å². The molecule has 0 aromatic carbocycles. The van der Waals surface area contributed by atoms with Crippen molar-refractivity contribution in [2.75, 3.05) is 7.11 Å². The Kier molecular flexibility index (Phi) is 5.79. The predicted molar refractivity (Wildman–Crippen MR) is 100 cm³/mol. The van der Waals surface area contributed by atoms with Crippen LogP contribution in [0.25, 0.3) is 0 Å². The van der Waals surface area contributed by atoms with Crippen molar-refractivity contribution in [3.63, 3.8) is 0 Å². The summed E-state index contributed by atoms with van der Waals surface area (Å²) in [6, 6.07) is 1.22. The molecule has 2 bridgehead atoms. The average molecular weight is 392 g/mol. The second kappa shape index (κ2) is 7.95. The van der Waals surface area contributed by atoms with E-state index in [1.54, 1.807) is 0 Å². The lowest BCUT2D eigenvalue weighted by Crippen LogP contribution is -2.50. The van der Waals surface area contributed by atoms with Crippen LogP contribution in [0.15, 0.2) is 12.3 Å². The number of ether oxygens (including phenoxy) is 3. The van der Waals surface area contributed by atoms with Crippen LogP contribution >= 0.6 is 0 Å². The number of rotatable bonds is 5. The summed E-state index contributed by atoms with van der Waals surface area (Å²) in [6.07, 6.45) is 1.38. The van der Waals surface area contributed by atoms with Gasteiger partial charge in [0.25, 0.3) is 5.91 Å². The Labute approximate surface area is 164 Å².